The first-order chi connectivity index (χ1) is 19.2. The van der Waals surface area contributed by atoms with Crippen LogP contribution in [0.2, 0.25) is 5.02 Å². The van der Waals surface area contributed by atoms with Crippen LogP contribution in [-0.2, 0) is 16.1 Å². The van der Waals surface area contributed by atoms with E-state index >= 15 is 0 Å². The highest BCUT2D eigenvalue weighted by atomic mass is 35.5. The fourth-order valence-electron chi connectivity index (χ4n) is 4.82. The van der Waals surface area contributed by atoms with Crippen LogP contribution in [-0.4, -0.2) is 76.0 Å². The van der Waals surface area contributed by atoms with Crippen molar-refractivity contribution in [3.8, 4) is 11.3 Å². The molecule has 2 atom stereocenters. The average molecular weight is 565 g/mol. The van der Waals surface area contributed by atoms with Gasteiger partial charge in [-0.1, -0.05) is 23.7 Å². The quantitative estimate of drug-likeness (QED) is 0.423. The summed E-state index contributed by atoms with van der Waals surface area (Å²) in [6.07, 6.45) is 4.99. The summed E-state index contributed by atoms with van der Waals surface area (Å²) in [5.41, 5.74) is 3.32. The van der Waals surface area contributed by atoms with Gasteiger partial charge in [-0.05, 0) is 44.4 Å². The van der Waals surface area contributed by atoms with Gasteiger partial charge in [0.1, 0.15) is 6.04 Å². The Labute approximate surface area is 238 Å². The predicted octanol–water partition coefficient (Wildman–Crippen LogP) is 3.47. The minimum atomic E-state index is -0.682. The Morgan fingerprint density at radius 2 is 1.93 bits per heavy atom. The highest BCUT2D eigenvalue weighted by Crippen LogP contribution is 2.32. The molecule has 0 unspecified atom stereocenters. The lowest BCUT2D eigenvalue weighted by Gasteiger charge is -2.25. The highest BCUT2D eigenvalue weighted by Gasteiger charge is 2.35. The van der Waals surface area contributed by atoms with Crippen LogP contribution in [0.5, 0.6) is 0 Å². The van der Waals surface area contributed by atoms with Crippen molar-refractivity contribution in [3.63, 3.8) is 0 Å². The van der Waals surface area contributed by atoms with Crippen molar-refractivity contribution >= 4 is 35.3 Å². The maximum absolute atomic E-state index is 13.4. The van der Waals surface area contributed by atoms with Gasteiger partial charge < -0.3 is 25.2 Å². The normalized spacial score (nSPS) is 16.8. The Kier molecular flexibility index (Phi) is 8.13. The topological polar surface area (TPSA) is 125 Å². The SMILES string of the molecule is C[C@H](C(=O)N[C@H](C)c1ccnc(N(C)C)n1)N1Cc2ccc(-c3nc(NC4CCOCC4)ncc3Cl)cc2C1=O. The van der Waals surface area contributed by atoms with E-state index in [1.54, 1.807) is 41.2 Å². The second-order valence-electron chi connectivity index (χ2n) is 10.3. The summed E-state index contributed by atoms with van der Waals surface area (Å²) in [5.74, 6) is 0.569. The van der Waals surface area contributed by atoms with E-state index in [-0.39, 0.29) is 23.9 Å². The van der Waals surface area contributed by atoms with Crippen LogP contribution < -0.4 is 15.5 Å². The lowest BCUT2D eigenvalue weighted by atomic mass is 10.0. The van der Waals surface area contributed by atoms with Crippen molar-refractivity contribution < 1.29 is 14.3 Å². The molecular weight excluding hydrogens is 532 g/mol. The molecule has 40 heavy (non-hydrogen) atoms. The van der Waals surface area contributed by atoms with Crippen LogP contribution in [0, 0.1) is 0 Å². The van der Waals surface area contributed by atoms with Crippen molar-refractivity contribution in [1.29, 1.82) is 0 Å². The summed E-state index contributed by atoms with van der Waals surface area (Å²) in [6, 6.07) is 6.55. The number of carbonyl (C=O) groups is 2. The van der Waals surface area contributed by atoms with Crippen LogP contribution in [0.1, 0.15) is 54.3 Å². The summed E-state index contributed by atoms with van der Waals surface area (Å²) in [5, 5.41) is 6.73. The number of amides is 2. The molecule has 1 fully saturated rings. The summed E-state index contributed by atoms with van der Waals surface area (Å²) in [7, 11) is 3.71. The van der Waals surface area contributed by atoms with Crippen LogP contribution in [0.15, 0.2) is 36.7 Å². The van der Waals surface area contributed by atoms with Crippen molar-refractivity contribution in [2.45, 2.75) is 51.4 Å². The standard InChI is InChI=1S/C28H33ClN8O3/c1-16(23-7-10-30-28(34-23)36(3)4)32-25(38)17(2)37-15-19-6-5-18(13-21(19)26(37)39)24-22(29)14-31-27(35-24)33-20-8-11-40-12-9-20/h5-7,10,13-14,16-17,20H,8-9,11-12,15H2,1-4H3,(H,32,38)(H,31,33,35)/t16-,17-/m1/s1. The summed E-state index contributed by atoms with van der Waals surface area (Å²) in [6.45, 7) is 5.33. The second kappa shape index (κ2) is 11.7. The maximum Gasteiger partial charge on any atom is 0.255 e. The number of aromatic nitrogens is 4. The largest absolute Gasteiger partial charge is 0.381 e. The molecule has 1 aromatic carbocycles. The van der Waals surface area contributed by atoms with Gasteiger partial charge in [-0.25, -0.2) is 19.9 Å². The molecule has 4 heterocycles. The zero-order chi connectivity index (χ0) is 28.4. The third-order valence-corrected chi connectivity index (χ3v) is 7.50. The molecule has 0 bridgehead atoms. The Morgan fingerprint density at radius 1 is 1.15 bits per heavy atom. The van der Waals surface area contributed by atoms with Crippen molar-refractivity contribution in [3.05, 3.63) is 58.5 Å². The van der Waals surface area contributed by atoms with Crippen LogP contribution >= 0.6 is 11.6 Å². The Morgan fingerprint density at radius 3 is 2.67 bits per heavy atom. The Balaban J connectivity index is 1.29. The number of anilines is 2. The molecule has 12 heteroatoms. The predicted molar refractivity (Wildman–Crippen MR) is 152 cm³/mol. The highest BCUT2D eigenvalue weighted by molar-refractivity contribution is 6.33. The van der Waals surface area contributed by atoms with Gasteiger partial charge in [0, 0.05) is 57.2 Å². The molecule has 0 spiro atoms. The molecule has 2 aliphatic rings. The van der Waals surface area contributed by atoms with Crippen LogP contribution in [0.25, 0.3) is 11.3 Å². The van der Waals surface area contributed by atoms with E-state index in [0.29, 0.717) is 59.2 Å². The van der Waals surface area contributed by atoms with Gasteiger partial charge >= 0.3 is 0 Å². The van der Waals surface area contributed by atoms with Crippen LogP contribution in [0.3, 0.4) is 0 Å². The van der Waals surface area contributed by atoms with Gasteiger partial charge in [-0.3, -0.25) is 9.59 Å². The Bertz CT molecular complexity index is 1410. The molecule has 0 radical (unpaired) electrons. The van der Waals surface area contributed by atoms with Crippen molar-refractivity contribution in [2.24, 2.45) is 0 Å². The number of benzene rings is 1. The van der Waals surface area contributed by atoms with E-state index in [0.717, 1.165) is 18.4 Å². The molecule has 0 aliphatic carbocycles. The Hall–Kier alpha value is -3.83. The number of fused-ring (bicyclic) bond motifs is 1. The number of halogens is 1. The number of ether oxygens (including phenoxy) is 1. The maximum atomic E-state index is 13.4. The minimum Gasteiger partial charge on any atom is -0.381 e. The summed E-state index contributed by atoms with van der Waals surface area (Å²) >= 11 is 6.47. The summed E-state index contributed by atoms with van der Waals surface area (Å²) in [4.78, 5) is 47.7. The molecule has 3 aromatic rings. The van der Waals surface area contributed by atoms with E-state index in [1.807, 2.05) is 33.2 Å². The van der Waals surface area contributed by atoms with Gasteiger partial charge in [0.05, 0.1) is 28.6 Å². The zero-order valence-electron chi connectivity index (χ0n) is 23.0. The molecule has 1 saturated heterocycles. The van der Waals surface area contributed by atoms with E-state index in [2.05, 4.69) is 30.6 Å². The minimum absolute atomic E-state index is 0.213. The van der Waals surface area contributed by atoms with Gasteiger partial charge in [-0.2, -0.15) is 0 Å². The number of nitrogens with one attached hydrogen (secondary N) is 2. The number of rotatable bonds is 8. The third kappa shape index (κ3) is 5.85. The molecule has 2 aromatic heterocycles. The van der Waals surface area contributed by atoms with Gasteiger partial charge in [0.2, 0.25) is 17.8 Å². The molecule has 2 amide bonds. The number of hydrogen-bond acceptors (Lipinski definition) is 9. The van der Waals surface area contributed by atoms with E-state index in [4.69, 9.17) is 16.3 Å². The lowest BCUT2D eigenvalue weighted by Crippen LogP contribution is -2.46. The number of hydrogen-bond donors (Lipinski definition) is 2. The first-order valence-corrected chi connectivity index (χ1v) is 13.7. The molecule has 5 rings (SSSR count). The first-order valence-electron chi connectivity index (χ1n) is 13.3. The van der Waals surface area contributed by atoms with Gasteiger partial charge in [0.15, 0.2) is 0 Å². The third-order valence-electron chi connectivity index (χ3n) is 7.23. The van der Waals surface area contributed by atoms with Gasteiger partial charge in [0.25, 0.3) is 5.91 Å². The smallest absolute Gasteiger partial charge is 0.255 e. The number of carbonyl (C=O) groups excluding carboxylic acids is 2. The van der Waals surface area contributed by atoms with Gasteiger partial charge in [-0.15, -0.1) is 0 Å². The fraction of sp³-hybridized carbons (Fsp3) is 0.429. The molecule has 11 nitrogen and oxygen atoms in total. The first kappa shape index (κ1) is 27.7. The average Bonchev–Trinajstić information content (AvgIpc) is 3.29. The molecular formula is C28H33ClN8O3. The van der Waals surface area contributed by atoms with Crippen molar-refractivity contribution in [1.82, 2.24) is 30.2 Å². The van der Waals surface area contributed by atoms with Crippen molar-refractivity contribution in [2.75, 3.05) is 37.5 Å². The van der Waals surface area contributed by atoms with E-state index in [1.165, 1.54) is 0 Å². The lowest BCUT2D eigenvalue weighted by molar-refractivity contribution is -0.125. The van der Waals surface area contributed by atoms with E-state index < -0.39 is 6.04 Å². The fourth-order valence-corrected chi connectivity index (χ4v) is 5.02. The zero-order valence-corrected chi connectivity index (χ0v) is 23.8. The molecule has 0 saturated carbocycles. The monoisotopic (exact) mass is 564 g/mol. The number of nitrogens with zero attached hydrogens (tertiary/aromatic N) is 6. The molecule has 2 aliphatic heterocycles. The van der Waals surface area contributed by atoms with Crippen LogP contribution in [0.4, 0.5) is 11.9 Å². The molecule has 2 N–H and O–H groups in total. The second-order valence-corrected chi connectivity index (χ2v) is 10.7. The van der Waals surface area contributed by atoms with E-state index in [9.17, 15) is 9.59 Å². The molecule has 210 valence electrons. The summed E-state index contributed by atoms with van der Waals surface area (Å²) < 4.78 is 5.42.